The lowest BCUT2D eigenvalue weighted by Crippen LogP contribution is -2.18. The summed E-state index contributed by atoms with van der Waals surface area (Å²) in [6, 6.07) is 15.9. The first kappa shape index (κ1) is 22.9. The highest BCUT2D eigenvalue weighted by Crippen LogP contribution is 2.46. The van der Waals surface area contributed by atoms with E-state index >= 15 is 0 Å². The van der Waals surface area contributed by atoms with Gasteiger partial charge in [-0.25, -0.2) is 0 Å². The molecule has 0 aliphatic rings. The Balaban J connectivity index is 2.21. The van der Waals surface area contributed by atoms with Crippen LogP contribution < -0.4 is 0 Å². The van der Waals surface area contributed by atoms with Gasteiger partial charge in [0.1, 0.15) is 0 Å². The molecule has 0 nitrogen and oxygen atoms in total. The highest BCUT2D eigenvalue weighted by molar-refractivity contribution is 5.74. The third-order valence-corrected chi connectivity index (χ3v) is 5.30. The van der Waals surface area contributed by atoms with Gasteiger partial charge in [-0.1, -0.05) is 66.6 Å². The van der Waals surface area contributed by atoms with E-state index in [0.717, 1.165) is 16.7 Å². The normalized spacial score (nSPS) is 13.3. The van der Waals surface area contributed by atoms with Crippen molar-refractivity contribution >= 4 is 0 Å². The van der Waals surface area contributed by atoms with Gasteiger partial charge >= 0.3 is 12.4 Å². The van der Waals surface area contributed by atoms with Crippen LogP contribution in [0, 0.1) is 19.9 Å². The standard InChI is InChI=1S/C25H21F6/c1-15-4-8-18(9-5-15)17(3)14-20-12-13-21(24(26,27)28)22(23(20)25(29,30)31)19-10-6-16(2)7-11-19/h4-11,13,17H,14H2,1-3H3. The second kappa shape index (κ2) is 8.40. The lowest BCUT2D eigenvalue weighted by atomic mass is 9.85. The van der Waals surface area contributed by atoms with Crippen molar-refractivity contribution in [3.63, 3.8) is 0 Å². The monoisotopic (exact) mass is 435 g/mol. The summed E-state index contributed by atoms with van der Waals surface area (Å²) in [4.78, 5) is 0. The molecule has 0 bridgehead atoms. The van der Waals surface area contributed by atoms with Crippen molar-refractivity contribution in [2.45, 2.75) is 45.5 Å². The Morgan fingerprint density at radius 1 is 0.774 bits per heavy atom. The largest absolute Gasteiger partial charge is 0.417 e. The van der Waals surface area contributed by atoms with Crippen molar-refractivity contribution in [2.75, 3.05) is 0 Å². The summed E-state index contributed by atoms with van der Waals surface area (Å²) in [7, 11) is 0. The Hall–Kier alpha value is -2.76. The Kier molecular flexibility index (Phi) is 6.21. The highest BCUT2D eigenvalue weighted by Gasteiger charge is 2.43. The van der Waals surface area contributed by atoms with E-state index in [0.29, 0.717) is 6.07 Å². The highest BCUT2D eigenvalue weighted by atomic mass is 19.4. The predicted molar refractivity (Wildman–Crippen MR) is 109 cm³/mol. The number of hydrogen-bond donors (Lipinski definition) is 0. The molecule has 3 aromatic carbocycles. The molecular formula is C25H21F6. The zero-order chi connectivity index (χ0) is 23.0. The summed E-state index contributed by atoms with van der Waals surface area (Å²) in [5, 5.41) is 0. The minimum Gasteiger partial charge on any atom is -0.166 e. The molecule has 0 aliphatic carbocycles. The fourth-order valence-corrected chi connectivity index (χ4v) is 3.63. The molecule has 163 valence electrons. The quantitative estimate of drug-likeness (QED) is 0.363. The maximum absolute atomic E-state index is 14.2. The van der Waals surface area contributed by atoms with Gasteiger partial charge in [-0.15, -0.1) is 0 Å². The minimum absolute atomic E-state index is 0.0884. The fourth-order valence-electron chi connectivity index (χ4n) is 3.63. The zero-order valence-corrected chi connectivity index (χ0v) is 17.2. The van der Waals surface area contributed by atoms with Gasteiger partial charge in [0.25, 0.3) is 0 Å². The third-order valence-electron chi connectivity index (χ3n) is 5.30. The maximum Gasteiger partial charge on any atom is 0.417 e. The van der Waals surface area contributed by atoms with E-state index in [-0.39, 0.29) is 23.5 Å². The second-order valence-electron chi connectivity index (χ2n) is 7.81. The van der Waals surface area contributed by atoms with Gasteiger partial charge < -0.3 is 0 Å². The van der Waals surface area contributed by atoms with E-state index in [1.165, 1.54) is 24.3 Å². The summed E-state index contributed by atoms with van der Waals surface area (Å²) in [5.41, 5.74) is -1.29. The van der Waals surface area contributed by atoms with E-state index in [4.69, 9.17) is 0 Å². The molecule has 3 rings (SSSR count). The number of halogens is 6. The van der Waals surface area contributed by atoms with Crippen LogP contribution in [0.1, 0.15) is 46.2 Å². The molecule has 0 heterocycles. The van der Waals surface area contributed by atoms with Crippen molar-refractivity contribution in [1.82, 2.24) is 0 Å². The van der Waals surface area contributed by atoms with Crippen LogP contribution in [0.25, 0.3) is 11.1 Å². The number of benzene rings is 3. The van der Waals surface area contributed by atoms with Crippen LogP contribution in [0.15, 0.2) is 54.6 Å². The van der Waals surface area contributed by atoms with Gasteiger partial charge in [0.05, 0.1) is 11.1 Å². The van der Waals surface area contributed by atoms with Crippen molar-refractivity contribution in [2.24, 2.45) is 0 Å². The topological polar surface area (TPSA) is 0 Å². The van der Waals surface area contributed by atoms with Crippen LogP contribution in [0.4, 0.5) is 26.3 Å². The van der Waals surface area contributed by atoms with Gasteiger partial charge in [0.15, 0.2) is 0 Å². The van der Waals surface area contributed by atoms with E-state index in [1.807, 2.05) is 31.2 Å². The Labute approximate surface area is 177 Å². The number of rotatable bonds is 4. The SMILES string of the molecule is Cc1ccc(-c2c(C(F)(F)F)c[c]c(CC(C)c3ccc(C)cc3)c2C(F)(F)F)cc1. The second-order valence-corrected chi connectivity index (χ2v) is 7.81. The average Bonchev–Trinajstić information content (AvgIpc) is 2.67. The molecule has 1 unspecified atom stereocenters. The van der Waals surface area contributed by atoms with Crippen molar-refractivity contribution in [3.05, 3.63) is 94.0 Å². The molecule has 0 amide bonds. The molecule has 3 aromatic rings. The summed E-state index contributed by atoms with van der Waals surface area (Å²) in [6.07, 6.45) is -10.0. The van der Waals surface area contributed by atoms with Crippen molar-refractivity contribution < 1.29 is 26.3 Å². The zero-order valence-electron chi connectivity index (χ0n) is 17.2. The summed E-state index contributed by atoms with van der Waals surface area (Å²) in [6.45, 7) is 5.36. The van der Waals surface area contributed by atoms with Crippen LogP contribution in [-0.4, -0.2) is 0 Å². The Bertz CT molecular complexity index is 1040. The summed E-state index contributed by atoms with van der Waals surface area (Å²) in [5.74, 6) is -0.333. The molecule has 0 aromatic heterocycles. The van der Waals surface area contributed by atoms with Gasteiger partial charge in [-0.05, 0) is 55.0 Å². The Morgan fingerprint density at radius 3 is 1.77 bits per heavy atom. The molecule has 0 spiro atoms. The van der Waals surface area contributed by atoms with E-state index in [2.05, 4.69) is 6.07 Å². The van der Waals surface area contributed by atoms with E-state index in [1.54, 1.807) is 13.8 Å². The Morgan fingerprint density at radius 2 is 1.29 bits per heavy atom. The van der Waals surface area contributed by atoms with Crippen molar-refractivity contribution in [3.8, 4) is 11.1 Å². The number of aryl methyl sites for hydroxylation is 2. The molecule has 31 heavy (non-hydrogen) atoms. The van der Waals surface area contributed by atoms with Crippen LogP contribution in [0.2, 0.25) is 0 Å². The molecule has 0 saturated heterocycles. The van der Waals surface area contributed by atoms with E-state index < -0.39 is 29.0 Å². The van der Waals surface area contributed by atoms with E-state index in [9.17, 15) is 26.3 Å². The molecular weight excluding hydrogens is 414 g/mol. The van der Waals surface area contributed by atoms with Crippen LogP contribution >= 0.6 is 0 Å². The average molecular weight is 435 g/mol. The first-order valence-corrected chi connectivity index (χ1v) is 9.73. The van der Waals surface area contributed by atoms with Crippen LogP contribution in [0.5, 0.6) is 0 Å². The molecule has 1 atom stereocenters. The number of hydrogen-bond acceptors (Lipinski definition) is 0. The van der Waals surface area contributed by atoms with Crippen molar-refractivity contribution in [1.29, 1.82) is 0 Å². The molecule has 0 saturated carbocycles. The van der Waals surface area contributed by atoms with Crippen LogP contribution in [-0.2, 0) is 18.8 Å². The lowest BCUT2D eigenvalue weighted by molar-refractivity contribution is -0.142. The molecule has 6 heteroatoms. The number of alkyl halides is 6. The first-order chi connectivity index (χ1) is 14.4. The van der Waals surface area contributed by atoms with Gasteiger partial charge in [0.2, 0.25) is 0 Å². The smallest absolute Gasteiger partial charge is 0.166 e. The first-order valence-electron chi connectivity index (χ1n) is 9.73. The summed E-state index contributed by atoms with van der Waals surface area (Å²) < 4.78 is 83.6. The van der Waals surface area contributed by atoms with Crippen LogP contribution in [0.3, 0.4) is 0 Å². The fraction of sp³-hybridized carbons (Fsp3) is 0.280. The lowest BCUT2D eigenvalue weighted by Gasteiger charge is -2.23. The molecule has 0 N–H and O–H groups in total. The molecule has 0 fully saturated rings. The molecule has 0 aliphatic heterocycles. The predicted octanol–water partition coefficient (Wildman–Crippen LogP) is 8.15. The maximum atomic E-state index is 14.2. The summed E-state index contributed by atoms with van der Waals surface area (Å²) >= 11 is 0. The minimum atomic E-state index is -4.97. The molecule has 1 radical (unpaired) electrons. The van der Waals surface area contributed by atoms with Gasteiger partial charge in [-0.3, -0.25) is 0 Å². The van der Waals surface area contributed by atoms with Gasteiger partial charge in [0, 0.05) is 5.56 Å². The van der Waals surface area contributed by atoms with Gasteiger partial charge in [-0.2, -0.15) is 26.3 Å². The third kappa shape index (κ3) is 5.12.